The summed E-state index contributed by atoms with van der Waals surface area (Å²) in [4.78, 5) is 43.2. The fraction of sp³-hybridized carbons (Fsp3) is 0.731. The maximum Gasteiger partial charge on any atom is 0.407 e. The zero-order chi connectivity index (χ0) is 101. The van der Waals surface area contributed by atoms with Gasteiger partial charge in [-0.1, -0.05) is 233 Å². The molecule has 4 aliphatic heterocycles. The molecule has 768 valence electrons. The minimum atomic E-state index is -2.93. The van der Waals surface area contributed by atoms with Gasteiger partial charge in [0.1, 0.15) is 24.5 Å². The second kappa shape index (κ2) is 47.8. The number of allylic oxidation sites excluding steroid dienone is 12. The zero-order valence-corrected chi connectivity index (χ0v) is 94.2. The van der Waals surface area contributed by atoms with Crippen LogP contribution in [-0.2, 0) is 88.6 Å². The second-order valence-electron chi connectivity index (χ2n) is 47.3. The summed E-state index contributed by atoms with van der Waals surface area (Å²) in [7, 11) is -10.1. The average Bonchev–Trinajstić information content (AvgIpc) is 1.17. The molecule has 6 fully saturated rings. The smallest absolute Gasteiger partial charge is 0.407 e. The van der Waals surface area contributed by atoms with E-state index in [9.17, 15) is 9.90 Å². The van der Waals surface area contributed by atoms with Crippen molar-refractivity contribution in [1.82, 2.24) is 5.32 Å². The third-order valence-corrected chi connectivity index (χ3v) is 54.4. The Balaban J connectivity index is 1.11. The minimum Gasteiger partial charge on any atom is -0.481 e. The van der Waals surface area contributed by atoms with Crippen molar-refractivity contribution in [3.8, 4) is 11.1 Å². The van der Waals surface area contributed by atoms with E-state index in [-0.39, 0.29) is 93.5 Å². The van der Waals surface area contributed by atoms with Crippen LogP contribution < -0.4 is 5.32 Å². The van der Waals surface area contributed by atoms with Crippen LogP contribution in [0.2, 0.25) is 90.7 Å². The maximum atomic E-state index is 15.7. The van der Waals surface area contributed by atoms with Crippen molar-refractivity contribution in [3.63, 3.8) is 0 Å². The van der Waals surface area contributed by atoms with Gasteiger partial charge in [0.05, 0.1) is 106 Å². The number of amides is 1. The number of nitrogens with one attached hydrogen (secondary N) is 1. The SMILES string of the molecule is CCOCCO[C@@H](C)[C@H](C)[C@H](O[Si](C)(C)C(C)(C)C)[C@@H](C)/C=C/C=C/C=C(F)/C=C/C=C\C=C\C=C\[C@@H](C[C@@H]1O[C@@](C[C@@H]2C[C@H]([C@@H](CC[C@@H]3C[C@H](CC(=O)O)OC4(CCCC4)O3)O[Si](C)(C)C(C)(C)C)OC3(CCCC3)O2)(OC)C[C@H](O[Si](C)(C)C(C)(C)C)[C@H]1C(=O)OC)O[C@@H]1O[C@H](C)[C@@H](O[Si](C)(C)C(C)(C)C)[C@H](NC(=O)OCC2c3ccccc3-c3ccccc32)[C@@H]1O[Si](C)(C)C(C)(C)C. The van der Waals surface area contributed by atoms with Gasteiger partial charge in [-0.05, 0) is 190 Å². The van der Waals surface area contributed by atoms with Crippen LogP contribution in [0.25, 0.3) is 11.1 Å². The van der Waals surface area contributed by atoms with E-state index in [0.717, 1.165) is 60.8 Å². The molecule has 28 heteroatoms. The molecular weight excluding hydrogens is 1810 g/mol. The predicted octanol–water partition coefficient (Wildman–Crippen LogP) is 25.7. The summed E-state index contributed by atoms with van der Waals surface area (Å²) in [6.45, 7) is 67.5. The van der Waals surface area contributed by atoms with Gasteiger partial charge in [-0.15, -0.1) is 0 Å². The molecule has 0 unspecified atom stereocenters. The lowest BCUT2D eigenvalue weighted by atomic mass is 9.82. The molecule has 3 aliphatic carbocycles. The van der Waals surface area contributed by atoms with Crippen LogP contribution in [0, 0.1) is 17.8 Å². The number of carboxylic acid groups (broad SMARTS) is 1. The Kier molecular flexibility index (Phi) is 40.4. The highest BCUT2D eigenvalue weighted by molar-refractivity contribution is 6.76. The van der Waals surface area contributed by atoms with Crippen molar-refractivity contribution in [1.29, 1.82) is 0 Å². The first-order valence-electron chi connectivity index (χ1n) is 50.9. The number of hydrogen-bond acceptors (Lipinski definition) is 20. The zero-order valence-electron chi connectivity index (χ0n) is 89.2. The second-order valence-corrected chi connectivity index (χ2v) is 71.1. The Hall–Kier alpha value is -4.76. The molecular formula is C108H178FNO21Si5. The number of rotatable bonds is 43. The van der Waals surface area contributed by atoms with E-state index in [4.69, 9.17) is 79.0 Å². The Bertz CT molecular complexity index is 4340. The highest BCUT2D eigenvalue weighted by Gasteiger charge is 2.60. The molecule has 2 spiro atoms. The van der Waals surface area contributed by atoms with Crippen molar-refractivity contribution >= 4 is 59.6 Å². The predicted molar refractivity (Wildman–Crippen MR) is 552 cm³/mol. The Labute approximate surface area is 823 Å². The highest BCUT2D eigenvalue weighted by Crippen LogP contribution is 2.54. The van der Waals surface area contributed by atoms with Crippen LogP contribution in [0.5, 0.6) is 0 Å². The lowest BCUT2D eigenvalue weighted by Gasteiger charge is -2.53. The number of esters is 1. The molecule has 2 aromatic carbocycles. The molecule has 2 aromatic rings. The molecule has 19 atom stereocenters. The molecule has 0 bridgehead atoms. The van der Waals surface area contributed by atoms with Crippen molar-refractivity contribution < 1.29 is 103 Å². The Morgan fingerprint density at radius 3 is 1.68 bits per heavy atom. The van der Waals surface area contributed by atoms with Crippen LogP contribution in [0.1, 0.15) is 258 Å². The summed E-state index contributed by atoms with van der Waals surface area (Å²) < 4.78 is 136. The summed E-state index contributed by atoms with van der Waals surface area (Å²) in [5, 5.41) is 12.4. The van der Waals surface area contributed by atoms with E-state index in [2.05, 4.69) is 226 Å². The van der Waals surface area contributed by atoms with E-state index in [1.807, 2.05) is 80.6 Å². The number of halogens is 1. The molecule has 0 aromatic heterocycles. The number of benzene rings is 2. The molecule has 7 aliphatic rings. The lowest BCUT2D eigenvalue weighted by Crippen LogP contribution is -2.69. The number of carbonyl (C=O) groups excluding carboxylic acids is 2. The molecule has 2 N–H and O–H groups in total. The topological polar surface area (TPSA) is 240 Å². The summed E-state index contributed by atoms with van der Waals surface area (Å²) in [5.74, 6) is -6.28. The van der Waals surface area contributed by atoms with E-state index in [1.54, 1.807) is 25.3 Å². The number of carbonyl (C=O) groups is 3. The van der Waals surface area contributed by atoms with Gasteiger partial charge in [0.25, 0.3) is 0 Å². The van der Waals surface area contributed by atoms with Crippen molar-refractivity contribution in [3.05, 3.63) is 144 Å². The van der Waals surface area contributed by atoms with Gasteiger partial charge in [-0.2, -0.15) is 0 Å². The van der Waals surface area contributed by atoms with Crippen LogP contribution in [0.3, 0.4) is 0 Å². The first kappa shape index (κ1) is 115. The molecule has 136 heavy (non-hydrogen) atoms. The van der Waals surface area contributed by atoms with E-state index in [0.29, 0.717) is 58.3 Å². The summed E-state index contributed by atoms with van der Waals surface area (Å²) >= 11 is 0. The van der Waals surface area contributed by atoms with Gasteiger partial charge >= 0.3 is 18.0 Å². The maximum absolute atomic E-state index is 15.7. The average molecular weight is 1990 g/mol. The van der Waals surface area contributed by atoms with Gasteiger partial charge in [0, 0.05) is 83.3 Å². The number of hydrogen-bond donors (Lipinski definition) is 2. The van der Waals surface area contributed by atoms with Gasteiger partial charge < -0.3 is 89.4 Å². The molecule has 0 radical (unpaired) electrons. The van der Waals surface area contributed by atoms with Crippen LogP contribution in [-0.4, -0.2) is 214 Å². The summed E-state index contributed by atoms with van der Waals surface area (Å²) in [6.07, 6.45) is 22.2. The van der Waals surface area contributed by atoms with Crippen molar-refractivity contribution in [2.75, 3.05) is 40.6 Å². The number of alkyl carbamates (subject to hydrolysis) is 1. The molecule has 4 saturated heterocycles. The van der Waals surface area contributed by atoms with Crippen LogP contribution >= 0.6 is 0 Å². The third-order valence-electron chi connectivity index (χ3n) is 31.9. The quantitative estimate of drug-likeness (QED) is 0.0271. The molecule has 1 amide bonds. The minimum absolute atomic E-state index is 0.00223. The van der Waals surface area contributed by atoms with Gasteiger partial charge in [0.15, 0.2) is 65.2 Å². The summed E-state index contributed by atoms with van der Waals surface area (Å²) in [6, 6.07) is 15.6. The Morgan fingerprint density at radius 1 is 0.603 bits per heavy atom. The molecule has 9 rings (SSSR count). The third kappa shape index (κ3) is 30.4. The first-order valence-corrected chi connectivity index (χ1v) is 65.4. The molecule has 22 nitrogen and oxygen atoms in total. The summed E-state index contributed by atoms with van der Waals surface area (Å²) in [5.41, 5.74) is 4.37. The number of methoxy groups -OCH3 is 2. The van der Waals surface area contributed by atoms with E-state index in [1.165, 1.54) is 19.3 Å². The molecule has 4 heterocycles. The van der Waals surface area contributed by atoms with E-state index >= 15 is 14.0 Å². The first-order chi connectivity index (χ1) is 63.2. The van der Waals surface area contributed by atoms with Crippen LogP contribution in [0.4, 0.5) is 9.18 Å². The monoisotopic (exact) mass is 1980 g/mol. The molecule has 2 saturated carbocycles. The van der Waals surface area contributed by atoms with Crippen LogP contribution in [0.15, 0.2) is 133 Å². The number of carboxylic acids is 1. The van der Waals surface area contributed by atoms with Crippen molar-refractivity contribution in [2.24, 2.45) is 17.8 Å². The number of aliphatic carboxylic acids is 1. The Morgan fingerprint density at radius 2 is 1.12 bits per heavy atom. The fourth-order valence-electron chi connectivity index (χ4n) is 18.7. The van der Waals surface area contributed by atoms with Gasteiger partial charge in [-0.25, -0.2) is 9.18 Å². The fourth-order valence-corrected chi connectivity index (χ4v) is 25.5. The highest BCUT2D eigenvalue weighted by atomic mass is 28.4. The number of ether oxygens (including phenoxy) is 12. The lowest BCUT2D eigenvalue weighted by molar-refractivity contribution is -0.355. The largest absolute Gasteiger partial charge is 0.481 e. The standard InChI is InChI=1S/C108H178FNO21Si5/c1-33-117-65-66-118-76(4)75(3)95(129-134(27,28)103(12,13)14)74(2)51-39-38-41-53-78(109)52-40-36-34-35-37-42-54-79(121-99-97(131-136(31,32)105(18,19)20)94(96(77(5)120-99)130-135(29,30)104(15,16)17)110-100(114)119-73-87-85-57-45-43-55-83(85)84-56-44-46-58-86(84)87)68-90-93(98(113)115-21)91(128-133(25,26)102(9,10)11)72-108(116-22,126-90)71-82-69-89(125-107(124-82)63-49-50-64-107)88(127-132(23,24)101(6,7)8)60-59-80-67-81(70-92(111)112)123-106(122-80)61-47-48-62-106/h34-46,51-58,74-77,79-82,87-91,93-97,99H,33,47-50,59-73H2,1-32H3,(H,110,114)(H,111,112)/b36-34-,37-35+,41-38+,51-39+,52-40+,54-42+,78-53-/t74-,75-,76-,77+,79-,80+,81+,82-,88+,89+,90-,91-,93-,94-,95+,96+,97-,99-,108+/m0/s1. The van der Waals surface area contributed by atoms with Gasteiger partial charge in [-0.3, -0.25) is 9.59 Å². The van der Waals surface area contributed by atoms with Crippen molar-refractivity contribution in [2.45, 2.75) is 447 Å². The van der Waals surface area contributed by atoms with Gasteiger partial charge in [0.2, 0.25) is 0 Å². The number of fused-ring (bicyclic) bond motifs is 3. The van der Waals surface area contributed by atoms with E-state index < -0.39 is 162 Å². The normalized spacial score (nSPS) is 27.4.